The predicted molar refractivity (Wildman–Crippen MR) is 144 cm³/mol. The molecule has 0 radical (unpaired) electrons. The van der Waals surface area contributed by atoms with Gasteiger partial charge in [0.15, 0.2) is 0 Å². The van der Waals surface area contributed by atoms with E-state index in [0.717, 1.165) is 16.8 Å². The van der Waals surface area contributed by atoms with Gasteiger partial charge in [-0.2, -0.15) is 4.98 Å². The van der Waals surface area contributed by atoms with Gasteiger partial charge in [0.25, 0.3) is 0 Å². The summed E-state index contributed by atoms with van der Waals surface area (Å²) in [6, 6.07) is 27.0. The number of urea groups is 1. The number of rotatable bonds is 7. The van der Waals surface area contributed by atoms with E-state index in [1.807, 2.05) is 99.6 Å². The SMILES string of the molecule is Cc1cccc(NC(=O)N(c2cccc(N(C)C)c2)c2ccnc(NC(C)c3ccccc3)n2)c1. The Morgan fingerprint density at radius 1 is 0.886 bits per heavy atom. The van der Waals surface area contributed by atoms with Crippen molar-refractivity contribution in [3.8, 4) is 0 Å². The quantitative estimate of drug-likeness (QED) is 0.330. The third-order valence-electron chi connectivity index (χ3n) is 5.59. The van der Waals surface area contributed by atoms with Gasteiger partial charge in [-0.15, -0.1) is 0 Å². The molecule has 4 aromatic rings. The summed E-state index contributed by atoms with van der Waals surface area (Å²) in [6.07, 6.45) is 1.66. The number of amides is 2. The molecule has 0 fully saturated rings. The molecule has 7 nitrogen and oxygen atoms in total. The molecule has 7 heteroatoms. The summed E-state index contributed by atoms with van der Waals surface area (Å²) >= 11 is 0. The third kappa shape index (κ3) is 5.95. The summed E-state index contributed by atoms with van der Waals surface area (Å²) in [5.74, 6) is 0.903. The Bertz CT molecular complexity index is 1290. The van der Waals surface area contributed by atoms with Crippen LogP contribution >= 0.6 is 0 Å². The van der Waals surface area contributed by atoms with Crippen molar-refractivity contribution >= 4 is 34.9 Å². The summed E-state index contributed by atoms with van der Waals surface area (Å²) in [7, 11) is 3.93. The molecular formula is C28H30N6O. The Labute approximate surface area is 206 Å². The van der Waals surface area contributed by atoms with Crippen LogP contribution in [0.4, 0.5) is 33.6 Å². The van der Waals surface area contributed by atoms with Gasteiger partial charge in [-0.05, 0) is 55.3 Å². The van der Waals surface area contributed by atoms with Crippen molar-refractivity contribution in [2.24, 2.45) is 0 Å². The molecule has 2 N–H and O–H groups in total. The molecule has 2 amide bonds. The zero-order valence-electron chi connectivity index (χ0n) is 20.4. The van der Waals surface area contributed by atoms with Crippen LogP contribution in [0.1, 0.15) is 24.1 Å². The average molecular weight is 467 g/mol. The van der Waals surface area contributed by atoms with Crippen LogP contribution < -0.4 is 20.4 Å². The Balaban J connectivity index is 1.68. The van der Waals surface area contributed by atoms with Gasteiger partial charge in [0, 0.05) is 37.7 Å². The van der Waals surface area contributed by atoms with Gasteiger partial charge in [0.05, 0.1) is 11.7 Å². The standard InChI is InChI=1S/C28H30N6O/c1-20-10-8-13-23(18-20)31-28(35)34(25-15-9-14-24(19-25)33(3)4)26-16-17-29-27(32-26)30-21(2)22-11-6-5-7-12-22/h5-19,21H,1-4H3,(H,31,35)(H,29,30,32). The maximum Gasteiger partial charge on any atom is 0.332 e. The first-order valence-electron chi connectivity index (χ1n) is 11.5. The van der Waals surface area contributed by atoms with Crippen LogP contribution in [-0.4, -0.2) is 30.1 Å². The second-order valence-electron chi connectivity index (χ2n) is 8.56. The molecule has 0 spiro atoms. The Kier molecular flexibility index (Phi) is 7.26. The normalized spacial score (nSPS) is 11.4. The number of hydrogen-bond acceptors (Lipinski definition) is 5. The largest absolute Gasteiger partial charge is 0.378 e. The van der Waals surface area contributed by atoms with Crippen LogP contribution in [0.3, 0.4) is 0 Å². The van der Waals surface area contributed by atoms with E-state index in [9.17, 15) is 4.79 Å². The van der Waals surface area contributed by atoms with Gasteiger partial charge < -0.3 is 15.5 Å². The molecule has 4 rings (SSSR count). The van der Waals surface area contributed by atoms with Crippen molar-refractivity contribution in [1.29, 1.82) is 0 Å². The number of carbonyl (C=O) groups excluding carboxylic acids is 1. The molecule has 0 aliphatic carbocycles. The highest BCUT2D eigenvalue weighted by Crippen LogP contribution is 2.29. The highest BCUT2D eigenvalue weighted by molar-refractivity contribution is 6.06. The van der Waals surface area contributed by atoms with Crippen molar-refractivity contribution in [2.75, 3.05) is 34.5 Å². The van der Waals surface area contributed by atoms with Crippen LogP contribution in [0.25, 0.3) is 0 Å². The number of aromatic nitrogens is 2. The first-order chi connectivity index (χ1) is 16.9. The predicted octanol–water partition coefficient (Wildman–Crippen LogP) is 6.39. The van der Waals surface area contributed by atoms with Gasteiger partial charge in [0.1, 0.15) is 5.82 Å². The van der Waals surface area contributed by atoms with E-state index < -0.39 is 0 Å². The molecule has 3 aromatic carbocycles. The number of benzene rings is 3. The molecule has 1 aromatic heterocycles. The molecule has 1 heterocycles. The molecule has 35 heavy (non-hydrogen) atoms. The lowest BCUT2D eigenvalue weighted by Gasteiger charge is -2.24. The zero-order valence-corrected chi connectivity index (χ0v) is 20.4. The topological polar surface area (TPSA) is 73.4 Å². The second-order valence-corrected chi connectivity index (χ2v) is 8.56. The van der Waals surface area contributed by atoms with Crippen molar-refractivity contribution < 1.29 is 4.79 Å². The molecule has 0 bridgehead atoms. The van der Waals surface area contributed by atoms with Crippen molar-refractivity contribution in [3.05, 3.63) is 102 Å². The molecule has 0 saturated carbocycles. The summed E-state index contributed by atoms with van der Waals surface area (Å²) in [5.41, 5.74) is 4.57. The molecular weight excluding hydrogens is 436 g/mol. The van der Waals surface area contributed by atoms with E-state index in [1.165, 1.54) is 0 Å². The van der Waals surface area contributed by atoms with E-state index in [2.05, 4.69) is 27.8 Å². The monoisotopic (exact) mass is 466 g/mol. The van der Waals surface area contributed by atoms with Crippen molar-refractivity contribution in [2.45, 2.75) is 19.9 Å². The van der Waals surface area contributed by atoms with E-state index in [-0.39, 0.29) is 12.1 Å². The number of hydrogen-bond donors (Lipinski definition) is 2. The highest BCUT2D eigenvalue weighted by atomic mass is 16.2. The Morgan fingerprint density at radius 2 is 1.63 bits per heavy atom. The zero-order chi connectivity index (χ0) is 24.8. The smallest absolute Gasteiger partial charge is 0.332 e. The van der Waals surface area contributed by atoms with Crippen LogP contribution in [0.2, 0.25) is 0 Å². The van der Waals surface area contributed by atoms with Gasteiger partial charge in [-0.3, -0.25) is 0 Å². The van der Waals surface area contributed by atoms with Crippen molar-refractivity contribution in [3.63, 3.8) is 0 Å². The number of aryl methyl sites for hydroxylation is 1. The van der Waals surface area contributed by atoms with E-state index >= 15 is 0 Å². The number of carbonyl (C=O) groups is 1. The number of anilines is 5. The molecule has 0 saturated heterocycles. The fourth-order valence-electron chi connectivity index (χ4n) is 3.73. The minimum absolute atomic E-state index is 0.00177. The fraction of sp³-hybridized carbons (Fsp3) is 0.179. The van der Waals surface area contributed by atoms with Crippen molar-refractivity contribution in [1.82, 2.24) is 9.97 Å². The van der Waals surface area contributed by atoms with Crippen LogP contribution in [0.15, 0.2) is 91.1 Å². The summed E-state index contributed by atoms with van der Waals surface area (Å²) < 4.78 is 0. The molecule has 0 aliphatic rings. The van der Waals surface area contributed by atoms with E-state index in [1.54, 1.807) is 17.2 Å². The fourth-order valence-corrected chi connectivity index (χ4v) is 3.73. The lowest BCUT2D eigenvalue weighted by molar-refractivity contribution is 0.259. The van der Waals surface area contributed by atoms with Crippen LogP contribution in [-0.2, 0) is 0 Å². The van der Waals surface area contributed by atoms with Gasteiger partial charge in [-0.25, -0.2) is 14.7 Å². The lowest BCUT2D eigenvalue weighted by atomic mass is 10.1. The number of nitrogens with zero attached hydrogens (tertiary/aromatic N) is 4. The minimum Gasteiger partial charge on any atom is -0.378 e. The minimum atomic E-state index is -0.313. The Hall–Kier alpha value is -4.39. The van der Waals surface area contributed by atoms with E-state index in [0.29, 0.717) is 23.1 Å². The average Bonchev–Trinajstić information content (AvgIpc) is 2.85. The van der Waals surface area contributed by atoms with Gasteiger partial charge in [-0.1, -0.05) is 48.5 Å². The highest BCUT2D eigenvalue weighted by Gasteiger charge is 2.21. The number of nitrogens with one attached hydrogen (secondary N) is 2. The first-order valence-corrected chi connectivity index (χ1v) is 11.5. The lowest BCUT2D eigenvalue weighted by Crippen LogP contribution is -2.32. The maximum atomic E-state index is 13.6. The first kappa shape index (κ1) is 23.8. The summed E-state index contributed by atoms with van der Waals surface area (Å²) in [5, 5.41) is 6.35. The molecule has 178 valence electrons. The summed E-state index contributed by atoms with van der Waals surface area (Å²) in [6.45, 7) is 4.04. The summed E-state index contributed by atoms with van der Waals surface area (Å²) in [4.78, 5) is 26.2. The van der Waals surface area contributed by atoms with Crippen LogP contribution in [0, 0.1) is 6.92 Å². The maximum absolute atomic E-state index is 13.6. The Morgan fingerprint density at radius 3 is 2.37 bits per heavy atom. The molecule has 1 atom stereocenters. The van der Waals surface area contributed by atoms with Gasteiger partial charge >= 0.3 is 6.03 Å². The van der Waals surface area contributed by atoms with E-state index in [4.69, 9.17) is 4.98 Å². The molecule has 1 unspecified atom stereocenters. The second kappa shape index (κ2) is 10.7. The third-order valence-corrected chi connectivity index (χ3v) is 5.59. The van der Waals surface area contributed by atoms with Crippen LogP contribution in [0.5, 0.6) is 0 Å². The van der Waals surface area contributed by atoms with Gasteiger partial charge in [0.2, 0.25) is 5.95 Å². The molecule has 0 aliphatic heterocycles.